The Balaban J connectivity index is 2.20. The molecular weight excluding hydrogens is 252 g/mol. The zero-order valence-corrected chi connectivity index (χ0v) is 11.6. The van der Waals surface area contributed by atoms with Crippen molar-refractivity contribution in [2.45, 2.75) is 6.42 Å². The van der Waals surface area contributed by atoms with Crippen LogP contribution in [0.15, 0.2) is 66.7 Å². The van der Waals surface area contributed by atoms with Crippen LogP contribution >= 0.6 is 0 Å². The number of fused-ring (bicyclic) bond motifs is 8. The van der Waals surface area contributed by atoms with Gasteiger partial charge in [-0.1, -0.05) is 72.8 Å². The van der Waals surface area contributed by atoms with Crippen LogP contribution in [0.1, 0.15) is 11.1 Å². The molecule has 0 unspecified atom stereocenters. The molecule has 0 radical (unpaired) electrons. The molecule has 0 atom stereocenters. The second kappa shape index (κ2) is 3.95. The summed E-state index contributed by atoms with van der Waals surface area (Å²) in [4.78, 5) is 0. The normalized spacial score (nSPS) is 13.3. The van der Waals surface area contributed by atoms with Crippen molar-refractivity contribution < 1.29 is 0 Å². The van der Waals surface area contributed by atoms with Gasteiger partial charge in [-0.3, -0.25) is 0 Å². The van der Waals surface area contributed by atoms with Crippen molar-refractivity contribution in [1.82, 2.24) is 0 Å². The third-order valence-corrected chi connectivity index (χ3v) is 4.66. The fraction of sp³-hybridized carbons (Fsp3) is 0.0476. The van der Waals surface area contributed by atoms with Gasteiger partial charge in [-0.15, -0.1) is 0 Å². The summed E-state index contributed by atoms with van der Waals surface area (Å²) in [5.74, 6) is 0. The molecule has 0 heterocycles. The molecule has 4 aromatic carbocycles. The standard InChI is InChI=1S/C21H14/c1-2-9-18-16(7-1)17-8-3-4-10-19(17)21-15-11-5-6-14(15)12-13-20(18)21/h1-5,7-13H,6H2. The summed E-state index contributed by atoms with van der Waals surface area (Å²) in [6, 6.07) is 22.1. The van der Waals surface area contributed by atoms with Crippen molar-refractivity contribution in [2.24, 2.45) is 0 Å². The fourth-order valence-corrected chi connectivity index (χ4v) is 3.74. The number of hydrogen-bond donors (Lipinski definition) is 0. The predicted molar refractivity (Wildman–Crippen MR) is 91.7 cm³/mol. The zero-order valence-electron chi connectivity index (χ0n) is 11.6. The first-order valence-electron chi connectivity index (χ1n) is 7.45. The first-order chi connectivity index (χ1) is 10.4. The maximum atomic E-state index is 2.30. The Morgan fingerprint density at radius 2 is 1.14 bits per heavy atom. The molecule has 0 aliphatic heterocycles. The molecule has 98 valence electrons. The molecule has 0 spiro atoms. The Morgan fingerprint density at radius 1 is 0.571 bits per heavy atom. The molecule has 0 aromatic heterocycles. The minimum atomic E-state index is 1.06. The van der Waals surface area contributed by atoms with Gasteiger partial charge in [0, 0.05) is 0 Å². The molecule has 0 heteroatoms. The van der Waals surface area contributed by atoms with Crippen molar-refractivity contribution in [3.05, 3.63) is 77.9 Å². The SMILES string of the molecule is C1=Cc2c(ccc3c4ccccc4c4ccccc4c23)C1. The van der Waals surface area contributed by atoms with Gasteiger partial charge in [-0.25, -0.2) is 0 Å². The third-order valence-electron chi connectivity index (χ3n) is 4.66. The highest BCUT2D eigenvalue weighted by atomic mass is 14.2. The third kappa shape index (κ3) is 1.39. The highest BCUT2D eigenvalue weighted by Gasteiger charge is 2.14. The Labute approximate surface area is 123 Å². The second-order valence-corrected chi connectivity index (χ2v) is 5.76. The molecule has 0 saturated carbocycles. The molecule has 1 aliphatic rings. The van der Waals surface area contributed by atoms with E-state index in [1.165, 1.54) is 43.4 Å². The molecule has 0 N–H and O–H groups in total. The summed E-state index contributed by atoms with van der Waals surface area (Å²) in [6.45, 7) is 0. The maximum absolute atomic E-state index is 2.30. The highest BCUT2D eigenvalue weighted by Crippen LogP contribution is 2.39. The van der Waals surface area contributed by atoms with Gasteiger partial charge >= 0.3 is 0 Å². The molecule has 1 aliphatic carbocycles. The average Bonchev–Trinajstić information content (AvgIpc) is 3.03. The first-order valence-corrected chi connectivity index (χ1v) is 7.45. The van der Waals surface area contributed by atoms with Gasteiger partial charge in [0.05, 0.1) is 0 Å². The van der Waals surface area contributed by atoms with Gasteiger partial charge in [-0.2, -0.15) is 0 Å². The van der Waals surface area contributed by atoms with E-state index in [2.05, 4.69) is 72.8 Å². The van der Waals surface area contributed by atoms with Gasteiger partial charge in [0.2, 0.25) is 0 Å². The van der Waals surface area contributed by atoms with Gasteiger partial charge in [0.1, 0.15) is 0 Å². The molecule has 0 saturated heterocycles. The summed E-state index contributed by atoms with van der Waals surface area (Å²) in [5, 5.41) is 8.21. The van der Waals surface area contributed by atoms with E-state index in [0.29, 0.717) is 0 Å². The van der Waals surface area contributed by atoms with Crippen LogP contribution in [-0.4, -0.2) is 0 Å². The molecule has 0 nitrogen and oxygen atoms in total. The summed E-state index contributed by atoms with van der Waals surface area (Å²) >= 11 is 0. The Hall–Kier alpha value is -2.60. The molecule has 5 rings (SSSR count). The van der Waals surface area contributed by atoms with Crippen molar-refractivity contribution in [1.29, 1.82) is 0 Å². The predicted octanol–water partition coefficient (Wildman–Crippen LogP) is 5.72. The number of benzene rings is 4. The van der Waals surface area contributed by atoms with Crippen molar-refractivity contribution in [3.8, 4) is 0 Å². The maximum Gasteiger partial charge on any atom is -0.00236 e. The molecule has 4 aromatic rings. The lowest BCUT2D eigenvalue weighted by Crippen LogP contribution is -1.88. The smallest absolute Gasteiger partial charge is 0.00236 e. The highest BCUT2D eigenvalue weighted by molar-refractivity contribution is 6.27. The first kappa shape index (κ1) is 11.1. The molecule has 0 amide bonds. The minimum Gasteiger partial charge on any atom is -0.0795 e. The van der Waals surface area contributed by atoms with E-state index in [4.69, 9.17) is 0 Å². The van der Waals surface area contributed by atoms with Crippen molar-refractivity contribution in [2.75, 3.05) is 0 Å². The molecule has 0 fully saturated rings. The Morgan fingerprint density at radius 3 is 1.86 bits per heavy atom. The fourth-order valence-electron chi connectivity index (χ4n) is 3.74. The van der Waals surface area contributed by atoms with Crippen molar-refractivity contribution >= 4 is 38.4 Å². The summed E-state index contributed by atoms with van der Waals surface area (Å²) in [6.07, 6.45) is 5.62. The quantitative estimate of drug-likeness (QED) is 0.357. The topological polar surface area (TPSA) is 0 Å². The van der Waals surface area contributed by atoms with Crippen LogP contribution in [0.3, 0.4) is 0 Å². The lowest BCUT2D eigenvalue weighted by Gasteiger charge is -2.13. The van der Waals surface area contributed by atoms with Gasteiger partial charge < -0.3 is 0 Å². The van der Waals surface area contributed by atoms with Crippen LogP contribution in [-0.2, 0) is 6.42 Å². The van der Waals surface area contributed by atoms with Crippen LogP contribution < -0.4 is 0 Å². The molecule has 0 bridgehead atoms. The zero-order chi connectivity index (χ0) is 13.8. The summed E-state index contributed by atoms with van der Waals surface area (Å²) < 4.78 is 0. The van der Waals surface area contributed by atoms with Crippen LogP contribution in [0.25, 0.3) is 38.4 Å². The van der Waals surface area contributed by atoms with E-state index in [0.717, 1.165) is 6.42 Å². The van der Waals surface area contributed by atoms with Gasteiger partial charge in [0.15, 0.2) is 0 Å². The van der Waals surface area contributed by atoms with Crippen LogP contribution in [0.5, 0.6) is 0 Å². The number of rotatable bonds is 0. The second-order valence-electron chi connectivity index (χ2n) is 5.76. The molecular formula is C21H14. The van der Waals surface area contributed by atoms with Gasteiger partial charge in [0.25, 0.3) is 0 Å². The van der Waals surface area contributed by atoms with E-state index in [1.807, 2.05) is 0 Å². The Kier molecular flexibility index (Phi) is 2.09. The van der Waals surface area contributed by atoms with E-state index < -0.39 is 0 Å². The lowest BCUT2D eigenvalue weighted by molar-refractivity contribution is 1.33. The number of allylic oxidation sites excluding steroid dienone is 1. The number of hydrogen-bond acceptors (Lipinski definition) is 0. The largest absolute Gasteiger partial charge is 0.0795 e. The summed E-state index contributed by atoms with van der Waals surface area (Å²) in [7, 11) is 0. The van der Waals surface area contributed by atoms with Crippen molar-refractivity contribution in [3.63, 3.8) is 0 Å². The summed E-state index contributed by atoms with van der Waals surface area (Å²) in [5.41, 5.74) is 2.86. The van der Waals surface area contributed by atoms with Crippen LogP contribution in [0.4, 0.5) is 0 Å². The van der Waals surface area contributed by atoms with Gasteiger partial charge in [-0.05, 0) is 49.9 Å². The lowest BCUT2D eigenvalue weighted by atomic mass is 9.90. The van der Waals surface area contributed by atoms with E-state index in [1.54, 1.807) is 0 Å². The van der Waals surface area contributed by atoms with Crippen LogP contribution in [0.2, 0.25) is 0 Å². The average molecular weight is 266 g/mol. The molecule has 21 heavy (non-hydrogen) atoms. The van der Waals surface area contributed by atoms with E-state index in [-0.39, 0.29) is 0 Å². The van der Waals surface area contributed by atoms with E-state index >= 15 is 0 Å². The van der Waals surface area contributed by atoms with Crippen LogP contribution in [0, 0.1) is 0 Å². The van der Waals surface area contributed by atoms with E-state index in [9.17, 15) is 0 Å². The monoisotopic (exact) mass is 266 g/mol. The Bertz CT molecular complexity index is 1020. The minimum absolute atomic E-state index is 1.06.